The van der Waals surface area contributed by atoms with Crippen molar-refractivity contribution in [2.75, 3.05) is 11.1 Å². The standard InChI is InChI=1S/C15H18N2/c1-10-7-8-15(13(16)9-10)17-14-6-4-5-11(2)12(14)3/h4-9,17H,16H2,1-3H3. The molecule has 0 aliphatic carbocycles. The van der Waals surface area contributed by atoms with E-state index < -0.39 is 0 Å². The molecule has 17 heavy (non-hydrogen) atoms. The molecule has 2 rings (SSSR count). The summed E-state index contributed by atoms with van der Waals surface area (Å²) < 4.78 is 0. The molecule has 0 spiro atoms. The Bertz CT molecular complexity index is 545. The lowest BCUT2D eigenvalue weighted by molar-refractivity contribution is 1.33. The molecule has 0 fully saturated rings. The highest BCUT2D eigenvalue weighted by Gasteiger charge is 2.03. The van der Waals surface area contributed by atoms with Gasteiger partial charge in [-0.3, -0.25) is 0 Å². The van der Waals surface area contributed by atoms with E-state index in [-0.39, 0.29) is 0 Å². The van der Waals surface area contributed by atoms with Crippen LogP contribution >= 0.6 is 0 Å². The molecule has 0 aromatic heterocycles. The molecule has 3 N–H and O–H groups in total. The zero-order chi connectivity index (χ0) is 12.4. The molecule has 0 saturated heterocycles. The van der Waals surface area contributed by atoms with E-state index in [1.807, 2.05) is 19.1 Å². The minimum Gasteiger partial charge on any atom is -0.397 e. The molecule has 88 valence electrons. The molecular weight excluding hydrogens is 208 g/mol. The summed E-state index contributed by atoms with van der Waals surface area (Å²) in [5, 5.41) is 3.38. The van der Waals surface area contributed by atoms with Gasteiger partial charge >= 0.3 is 0 Å². The molecule has 0 aliphatic heterocycles. The van der Waals surface area contributed by atoms with Crippen molar-refractivity contribution in [3.8, 4) is 0 Å². The van der Waals surface area contributed by atoms with Crippen molar-refractivity contribution in [1.29, 1.82) is 0 Å². The van der Waals surface area contributed by atoms with E-state index in [2.05, 4.69) is 43.4 Å². The van der Waals surface area contributed by atoms with Crippen LogP contribution in [0.4, 0.5) is 17.1 Å². The molecule has 0 radical (unpaired) electrons. The van der Waals surface area contributed by atoms with Crippen LogP contribution < -0.4 is 11.1 Å². The molecule has 0 atom stereocenters. The molecule has 0 aliphatic rings. The number of anilines is 3. The van der Waals surface area contributed by atoms with Gasteiger partial charge in [-0.1, -0.05) is 18.2 Å². The Morgan fingerprint density at radius 1 is 0.941 bits per heavy atom. The van der Waals surface area contributed by atoms with Crippen LogP contribution in [-0.4, -0.2) is 0 Å². The second-order valence-electron chi connectivity index (χ2n) is 4.46. The smallest absolute Gasteiger partial charge is 0.0618 e. The van der Waals surface area contributed by atoms with Crippen LogP contribution in [0.3, 0.4) is 0 Å². The van der Waals surface area contributed by atoms with Gasteiger partial charge in [-0.2, -0.15) is 0 Å². The maximum absolute atomic E-state index is 5.99. The third-order valence-corrected chi connectivity index (χ3v) is 3.08. The summed E-state index contributed by atoms with van der Waals surface area (Å²) in [5.41, 5.74) is 12.6. The minimum atomic E-state index is 0.783. The molecule has 2 heteroatoms. The molecule has 0 heterocycles. The van der Waals surface area contributed by atoms with Crippen LogP contribution in [-0.2, 0) is 0 Å². The van der Waals surface area contributed by atoms with Crippen molar-refractivity contribution in [2.45, 2.75) is 20.8 Å². The third kappa shape index (κ3) is 2.41. The van der Waals surface area contributed by atoms with Gasteiger partial charge in [0.25, 0.3) is 0 Å². The van der Waals surface area contributed by atoms with Crippen molar-refractivity contribution >= 4 is 17.1 Å². The zero-order valence-corrected chi connectivity index (χ0v) is 10.5. The largest absolute Gasteiger partial charge is 0.397 e. The zero-order valence-electron chi connectivity index (χ0n) is 10.5. The highest BCUT2D eigenvalue weighted by atomic mass is 14.9. The first kappa shape index (κ1) is 11.5. The second kappa shape index (κ2) is 4.50. The summed E-state index contributed by atoms with van der Waals surface area (Å²) in [6, 6.07) is 12.3. The van der Waals surface area contributed by atoms with E-state index >= 15 is 0 Å². The topological polar surface area (TPSA) is 38.0 Å². The van der Waals surface area contributed by atoms with Gasteiger partial charge in [0.15, 0.2) is 0 Å². The molecule has 0 unspecified atom stereocenters. The van der Waals surface area contributed by atoms with Crippen LogP contribution in [0.2, 0.25) is 0 Å². The summed E-state index contributed by atoms with van der Waals surface area (Å²) in [6.45, 7) is 6.26. The molecule has 2 aromatic rings. The average molecular weight is 226 g/mol. The van der Waals surface area contributed by atoms with Gasteiger partial charge < -0.3 is 11.1 Å². The fraction of sp³-hybridized carbons (Fsp3) is 0.200. The normalized spacial score (nSPS) is 10.3. The first-order valence-corrected chi connectivity index (χ1v) is 5.77. The van der Waals surface area contributed by atoms with Gasteiger partial charge in [0, 0.05) is 5.69 Å². The van der Waals surface area contributed by atoms with E-state index in [9.17, 15) is 0 Å². The van der Waals surface area contributed by atoms with Crippen molar-refractivity contribution in [1.82, 2.24) is 0 Å². The van der Waals surface area contributed by atoms with Crippen molar-refractivity contribution < 1.29 is 0 Å². The second-order valence-corrected chi connectivity index (χ2v) is 4.46. The summed E-state index contributed by atoms with van der Waals surface area (Å²) >= 11 is 0. The molecule has 2 aromatic carbocycles. The quantitative estimate of drug-likeness (QED) is 0.761. The van der Waals surface area contributed by atoms with Gasteiger partial charge in [-0.05, 0) is 55.7 Å². The summed E-state index contributed by atoms with van der Waals surface area (Å²) in [4.78, 5) is 0. The first-order valence-electron chi connectivity index (χ1n) is 5.77. The fourth-order valence-corrected chi connectivity index (χ4v) is 1.83. The molecule has 0 saturated carbocycles. The summed E-state index contributed by atoms with van der Waals surface area (Å²) in [5.74, 6) is 0. The number of hydrogen-bond acceptors (Lipinski definition) is 2. The molecular formula is C15H18N2. The molecule has 0 amide bonds. The van der Waals surface area contributed by atoms with Gasteiger partial charge in [-0.25, -0.2) is 0 Å². The Hall–Kier alpha value is -1.96. The maximum atomic E-state index is 5.99. The Morgan fingerprint density at radius 3 is 2.41 bits per heavy atom. The number of nitrogen functional groups attached to an aromatic ring is 1. The lowest BCUT2D eigenvalue weighted by Gasteiger charge is -2.13. The van der Waals surface area contributed by atoms with Crippen molar-refractivity contribution in [3.05, 3.63) is 53.1 Å². The van der Waals surface area contributed by atoms with Crippen LogP contribution in [0, 0.1) is 20.8 Å². The fourth-order valence-electron chi connectivity index (χ4n) is 1.83. The minimum absolute atomic E-state index is 0.783. The Balaban J connectivity index is 2.35. The highest BCUT2D eigenvalue weighted by Crippen LogP contribution is 2.27. The van der Waals surface area contributed by atoms with Crippen LogP contribution in [0.25, 0.3) is 0 Å². The maximum Gasteiger partial charge on any atom is 0.0618 e. The van der Waals surface area contributed by atoms with Crippen molar-refractivity contribution in [2.24, 2.45) is 0 Å². The Morgan fingerprint density at radius 2 is 1.71 bits per heavy atom. The van der Waals surface area contributed by atoms with E-state index in [1.165, 1.54) is 16.7 Å². The molecule has 2 nitrogen and oxygen atoms in total. The highest BCUT2D eigenvalue weighted by molar-refractivity contribution is 5.74. The third-order valence-electron chi connectivity index (χ3n) is 3.08. The van der Waals surface area contributed by atoms with Crippen molar-refractivity contribution in [3.63, 3.8) is 0 Å². The lowest BCUT2D eigenvalue weighted by atomic mass is 10.1. The SMILES string of the molecule is Cc1ccc(Nc2cccc(C)c2C)c(N)c1. The van der Waals surface area contributed by atoms with Crippen LogP contribution in [0.1, 0.15) is 16.7 Å². The predicted molar refractivity (Wildman–Crippen MR) is 74.8 cm³/mol. The van der Waals surface area contributed by atoms with E-state index in [0.29, 0.717) is 0 Å². The summed E-state index contributed by atoms with van der Waals surface area (Å²) in [6.07, 6.45) is 0. The van der Waals surface area contributed by atoms with Gasteiger partial charge in [0.1, 0.15) is 0 Å². The van der Waals surface area contributed by atoms with E-state index in [4.69, 9.17) is 5.73 Å². The van der Waals surface area contributed by atoms with E-state index in [1.54, 1.807) is 0 Å². The number of benzene rings is 2. The average Bonchev–Trinajstić information content (AvgIpc) is 2.28. The monoisotopic (exact) mass is 226 g/mol. The Kier molecular flexibility index (Phi) is 3.05. The van der Waals surface area contributed by atoms with Gasteiger partial charge in [0.2, 0.25) is 0 Å². The number of aryl methyl sites for hydroxylation is 2. The first-order chi connectivity index (χ1) is 8.08. The summed E-state index contributed by atoms with van der Waals surface area (Å²) in [7, 11) is 0. The predicted octanol–water partition coefficient (Wildman–Crippen LogP) is 3.94. The number of nitrogens with two attached hydrogens (primary N) is 1. The Labute approximate surface area is 102 Å². The van der Waals surface area contributed by atoms with Gasteiger partial charge in [0.05, 0.1) is 11.4 Å². The number of nitrogens with one attached hydrogen (secondary N) is 1. The molecule has 0 bridgehead atoms. The van der Waals surface area contributed by atoms with Crippen LogP contribution in [0.5, 0.6) is 0 Å². The van der Waals surface area contributed by atoms with E-state index in [0.717, 1.165) is 17.1 Å². The number of rotatable bonds is 2. The number of hydrogen-bond donors (Lipinski definition) is 2. The van der Waals surface area contributed by atoms with Gasteiger partial charge in [-0.15, -0.1) is 0 Å². The lowest BCUT2D eigenvalue weighted by Crippen LogP contribution is -1.99. The van der Waals surface area contributed by atoms with Crippen LogP contribution in [0.15, 0.2) is 36.4 Å².